The highest BCUT2D eigenvalue weighted by Crippen LogP contribution is 2.12. The molecule has 0 unspecified atom stereocenters. The molecule has 3 nitrogen and oxygen atoms in total. The van der Waals surface area contributed by atoms with Crippen molar-refractivity contribution in [3.8, 4) is 0 Å². The molecule has 1 amide bonds. The Balaban J connectivity index is 2.60. The number of hydrogen-bond donors (Lipinski definition) is 2. The molecule has 0 bridgehead atoms. The van der Waals surface area contributed by atoms with Crippen molar-refractivity contribution in [2.24, 2.45) is 0 Å². The van der Waals surface area contributed by atoms with Crippen LogP contribution in [0.2, 0.25) is 0 Å². The average molecular weight is 210 g/mol. The van der Waals surface area contributed by atoms with Gasteiger partial charge in [0.05, 0.1) is 6.54 Å². The molecular weight excluding hydrogens is 195 g/mol. The summed E-state index contributed by atoms with van der Waals surface area (Å²) in [6, 6.07) is 4.45. The number of likely N-dealkylation sites (N-methyl/N-ethyl adjacent to an activating group) is 1. The van der Waals surface area contributed by atoms with E-state index in [0.717, 1.165) is 12.1 Å². The Hall–Kier alpha value is -1.42. The zero-order valence-electron chi connectivity index (χ0n) is 8.93. The first-order valence-electron chi connectivity index (χ1n) is 4.89. The molecule has 0 radical (unpaired) electrons. The minimum atomic E-state index is -0.339. The van der Waals surface area contributed by atoms with Gasteiger partial charge in [0.1, 0.15) is 5.82 Å². The van der Waals surface area contributed by atoms with Gasteiger partial charge in [0.2, 0.25) is 5.91 Å². The fraction of sp³-hybridized carbons (Fsp3) is 0.364. The predicted molar refractivity (Wildman–Crippen MR) is 58.3 cm³/mol. The molecule has 0 fully saturated rings. The molecule has 2 N–H and O–H groups in total. The van der Waals surface area contributed by atoms with E-state index in [1.54, 1.807) is 13.0 Å². The molecule has 82 valence electrons. The van der Waals surface area contributed by atoms with Crippen LogP contribution in [0.15, 0.2) is 18.2 Å². The summed E-state index contributed by atoms with van der Waals surface area (Å²) in [5.41, 5.74) is 1.28. The van der Waals surface area contributed by atoms with Crippen LogP contribution >= 0.6 is 0 Å². The Labute approximate surface area is 88.7 Å². The van der Waals surface area contributed by atoms with Crippen molar-refractivity contribution in [1.82, 2.24) is 5.32 Å². The average Bonchev–Trinajstić information content (AvgIpc) is 2.13. The van der Waals surface area contributed by atoms with E-state index in [9.17, 15) is 9.18 Å². The first kappa shape index (κ1) is 11.7. The molecule has 0 aliphatic carbocycles. The normalized spacial score (nSPS) is 10.1. The zero-order valence-corrected chi connectivity index (χ0v) is 8.93. The SMILES string of the molecule is CCNCC(=O)Nc1cc(C)cc(F)c1. The summed E-state index contributed by atoms with van der Waals surface area (Å²) < 4.78 is 13.0. The molecule has 1 rings (SSSR count). The van der Waals surface area contributed by atoms with Crippen LogP contribution in [0.25, 0.3) is 0 Å². The van der Waals surface area contributed by atoms with Gasteiger partial charge in [-0.3, -0.25) is 4.79 Å². The molecule has 0 heterocycles. The number of carbonyl (C=O) groups excluding carboxylic acids is 1. The Morgan fingerprint density at radius 2 is 2.13 bits per heavy atom. The van der Waals surface area contributed by atoms with Crippen LogP contribution in [0.4, 0.5) is 10.1 Å². The van der Waals surface area contributed by atoms with Crippen molar-refractivity contribution >= 4 is 11.6 Å². The second-order valence-corrected chi connectivity index (χ2v) is 3.35. The van der Waals surface area contributed by atoms with E-state index in [1.165, 1.54) is 12.1 Å². The molecule has 0 aromatic heterocycles. The maximum atomic E-state index is 13.0. The van der Waals surface area contributed by atoms with E-state index in [2.05, 4.69) is 10.6 Å². The highest BCUT2D eigenvalue weighted by atomic mass is 19.1. The monoisotopic (exact) mass is 210 g/mol. The molecule has 1 aromatic carbocycles. The van der Waals surface area contributed by atoms with Gasteiger partial charge in [-0.25, -0.2) is 4.39 Å². The van der Waals surface area contributed by atoms with E-state index in [0.29, 0.717) is 5.69 Å². The lowest BCUT2D eigenvalue weighted by Crippen LogP contribution is -2.27. The summed E-state index contributed by atoms with van der Waals surface area (Å²) >= 11 is 0. The lowest BCUT2D eigenvalue weighted by Gasteiger charge is -2.06. The number of carbonyl (C=O) groups is 1. The number of halogens is 1. The highest BCUT2D eigenvalue weighted by molar-refractivity contribution is 5.92. The van der Waals surface area contributed by atoms with Gasteiger partial charge >= 0.3 is 0 Å². The number of benzene rings is 1. The van der Waals surface area contributed by atoms with Crippen molar-refractivity contribution < 1.29 is 9.18 Å². The quantitative estimate of drug-likeness (QED) is 0.794. The number of anilines is 1. The zero-order chi connectivity index (χ0) is 11.3. The number of aryl methyl sites for hydroxylation is 1. The Morgan fingerprint density at radius 3 is 2.73 bits per heavy atom. The minimum Gasteiger partial charge on any atom is -0.325 e. The van der Waals surface area contributed by atoms with Crippen molar-refractivity contribution in [1.29, 1.82) is 0 Å². The van der Waals surface area contributed by atoms with Crippen LogP contribution in [0.5, 0.6) is 0 Å². The molecule has 15 heavy (non-hydrogen) atoms. The third-order valence-electron chi connectivity index (χ3n) is 1.86. The van der Waals surface area contributed by atoms with Gasteiger partial charge in [0.15, 0.2) is 0 Å². The smallest absolute Gasteiger partial charge is 0.238 e. The van der Waals surface area contributed by atoms with Crippen LogP contribution < -0.4 is 10.6 Å². The Morgan fingerprint density at radius 1 is 1.40 bits per heavy atom. The standard InChI is InChI=1S/C11H15FN2O/c1-3-13-7-11(15)14-10-5-8(2)4-9(12)6-10/h4-6,13H,3,7H2,1-2H3,(H,14,15). The van der Waals surface area contributed by atoms with Crippen molar-refractivity contribution in [2.75, 3.05) is 18.4 Å². The lowest BCUT2D eigenvalue weighted by atomic mass is 10.2. The molecule has 0 spiro atoms. The Kier molecular flexibility index (Phi) is 4.24. The largest absolute Gasteiger partial charge is 0.325 e. The summed E-state index contributed by atoms with van der Waals surface area (Å²) in [5.74, 6) is -0.504. The van der Waals surface area contributed by atoms with Crippen LogP contribution in [0.1, 0.15) is 12.5 Å². The molecule has 0 saturated carbocycles. The summed E-state index contributed by atoms with van der Waals surface area (Å²) in [6.45, 7) is 4.67. The van der Waals surface area contributed by atoms with Gasteiger partial charge in [-0.2, -0.15) is 0 Å². The van der Waals surface area contributed by atoms with E-state index < -0.39 is 0 Å². The van der Waals surface area contributed by atoms with Crippen LogP contribution in [-0.2, 0) is 4.79 Å². The van der Waals surface area contributed by atoms with Gasteiger partial charge in [-0.1, -0.05) is 6.92 Å². The number of rotatable bonds is 4. The lowest BCUT2D eigenvalue weighted by molar-refractivity contribution is -0.115. The first-order chi connectivity index (χ1) is 7.11. The van der Waals surface area contributed by atoms with Crippen LogP contribution in [0.3, 0.4) is 0 Å². The second kappa shape index (κ2) is 5.46. The van der Waals surface area contributed by atoms with Gasteiger partial charge in [0.25, 0.3) is 0 Å². The fourth-order valence-electron chi connectivity index (χ4n) is 1.25. The molecule has 0 aliphatic heterocycles. The number of nitrogens with one attached hydrogen (secondary N) is 2. The molecule has 0 atom stereocenters. The molecular formula is C11H15FN2O. The van der Waals surface area contributed by atoms with E-state index in [4.69, 9.17) is 0 Å². The summed E-state index contributed by atoms with van der Waals surface area (Å²) in [6.07, 6.45) is 0. The summed E-state index contributed by atoms with van der Waals surface area (Å²) in [7, 11) is 0. The van der Waals surface area contributed by atoms with Gasteiger partial charge < -0.3 is 10.6 Å². The van der Waals surface area contributed by atoms with Gasteiger partial charge in [0, 0.05) is 5.69 Å². The van der Waals surface area contributed by atoms with Crippen molar-refractivity contribution in [3.63, 3.8) is 0 Å². The van der Waals surface area contributed by atoms with E-state index >= 15 is 0 Å². The van der Waals surface area contributed by atoms with E-state index in [1.807, 2.05) is 6.92 Å². The second-order valence-electron chi connectivity index (χ2n) is 3.35. The van der Waals surface area contributed by atoms with Crippen LogP contribution in [0, 0.1) is 12.7 Å². The van der Waals surface area contributed by atoms with Gasteiger partial charge in [-0.15, -0.1) is 0 Å². The Bertz CT molecular complexity index is 332. The fourth-order valence-corrected chi connectivity index (χ4v) is 1.25. The molecule has 1 aromatic rings. The highest BCUT2D eigenvalue weighted by Gasteiger charge is 2.02. The predicted octanol–water partition coefficient (Wildman–Crippen LogP) is 1.68. The maximum Gasteiger partial charge on any atom is 0.238 e. The summed E-state index contributed by atoms with van der Waals surface area (Å²) in [4.78, 5) is 11.3. The van der Waals surface area contributed by atoms with Crippen LogP contribution in [-0.4, -0.2) is 19.0 Å². The molecule has 0 saturated heterocycles. The molecule has 4 heteroatoms. The third kappa shape index (κ3) is 4.08. The number of hydrogen-bond acceptors (Lipinski definition) is 2. The third-order valence-corrected chi connectivity index (χ3v) is 1.86. The summed E-state index contributed by atoms with van der Waals surface area (Å²) in [5, 5.41) is 5.51. The topological polar surface area (TPSA) is 41.1 Å². The van der Waals surface area contributed by atoms with Crippen molar-refractivity contribution in [2.45, 2.75) is 13.8 Å². The van der Waals surface area contributed by atoms with Gasteiger partial charge in [-0.05, 0) is 37.2 Å². The first-order valence-corrected chi connectivity index (χ1v) is 4.89. The minimum absolute atomic E-state index is 0.165. The van der Waals surface area contributed by atoms with E-state index in [-0.39, 0.29) is 18.3 Å². The maximum absolute atomic E-state index is 13.0. The number of amides is 1. The molecule has 0 aliphatic rings. The van der Waals surface area contributed by atoms with Crippen molar-refractivity contribution in [3.05, 3.63) is 29.6 Å².